The number of aryl methyl sites for hydroxylation is 1. The Labute approximate surface area is 109 Å². The highest BCUT2D eigenvalue weighted by molar-refractivity contribution is 5.95. The van der Waals surface area contributed by atoms with Crippen LogP contribution in [0.1, 0.15) is 27.6 Å². The lowest BCUT2D eigenvalue weighted by Gasteiger charge is -2.07. The highest BCUT2D eigenvalue weighted by Crippen LogP contribution is 2.17. The first-order chi connectivity index (χ1) is 8.97. The summed E-state index contributed by atoms with van der Waals surface area (Å²) in [5, 5.41) is 2.59. The van der Waals surface area contributed by atoms with Crippen LogP contribution in [0.3, 0.4) is 0 Å². The zero-order valence-corrected chi connectivity index (χ0v) is 10.7. The number of anilines is 1. The van der Waals surface area contributed by atoms with E-state index >= 15 is 0 Å². The van der Waals surface area contributed by atoms with Crippen LogP contribution in [0.25, 0.3) is 0 Å². The number of rotatable bonds is 3. The molecule has 0 fully saturated rings. The lowest BCUT2D eigenvalue weighted by Crippen LogP contribution is -2.23. The Morgan fingerprint density at radius 1 is 1.47 bits per heavy atom. The number of nitrogens with zero attached hydrogens (tertiary/aromatic N) is 1. The van der Waals surface area contributed by atoms with Crippen molar-refractivity contribution in [3.05, 3.63) is 46.9 Å². The van der Waals surface area contributed by atoms with Crippen molar-refractivity contribution < 1.29 is 13.6 Å². The van der Waals surface area contributed by atoms with Crippen LogP contribution in [0, 0.1) is 19.7 Å². The van der Waals surface area contributed by atoms with Crippen LogP contribution < -0.4 is 11.1 Å². The summed E-state index contributed by atoms with van der Waals surface area (Å²) in [6.07, 6.45) is 1.56. The zero-order valence-electron chi connectivity index (χ0n) is 10.7. The maximum absolute atomic E-state index is 13.5. The van der Waals surface area contributed by atoms with Gasteiger partial charge >= 0.3 is 0 Å². The summed E-state index contributed by atoms with van der Waals surface area (Å²) in [6.45, 7) is 3.46. The molecule has 0 saturated carbocycles. The number of nitrogen functional groups attached to an aromatic ring is 1. The van der Waals surface area contributed by atoms with E-state index in [4.69, 9.17) is 10.2 Å². The fourth-order valence-corrected chi connectivity index (χ4v) is 1.57. The van der Waals surface area contributed by atoms with Crippen molar-refractivity contribution in [3.63, 3.8) is 0 Å². The molecule has 0 radical (unpaired) electrons. The maximum Gasteiger partial charge on any atom is 0.251 e. The molecule has 0 aliphatic rings. The molecular weight excluding hydrogens is 249 g/mol. The number of oxazole rings is 1. The van der Waals surface area contributed by atoms with Gasteiger partial charge in [0.05, 0.1) is 12.7 Å². The fourth-order valence-electron chi connectivity index (χ4n) is 1.57. The normalized spacial score (nSPS) is 10.5. The summed E-state index contributed by atoms with van der Waals surface area (Å²) in [7, 11) is 0. The first kappa shape index (κ1) is 13.1. The number of carbonyl (C=O) groups is 1. The largest absolute Gasteiger partial charge is 0.444 e. The molecule has 0 aliphatic heterocycles. The second kappa shape index (κ2) is 5.09. The van der Waals surface area contributed by atoms with Crippen molar-refractivity contribution in [3.8, 4) is 0 Å². The van der Waals surface area contributed by atoms with Crippen molar-refractivity contribution in [2.45, 2.75) is 20.4 Å². The smallest absolute Gasteiger partial charge is 0.251 e. The van der Waals surface area contributed by atoms with Gasteiger partial charge in [0.2, 0.25) is 5.89 Å². The minimum absolute atomic E-state index is 0.141. The second-order valence-electron chi connectivity index (χ2n) is 4.22. The van der Waals surface area contributed by atoms with Crippen LogP contribution in [-0.4, -0.2) is 10.9 Å². The SMILES string of the molecule is Cc1cnc(CNC(=O)c2cc(N)c(C)c(F)c2)o1. The van der Waals surface area contributed by atoms with E-state index in [2.05, 4.69) is 10.3 Å². The van der Waals surface area contributed by atoms with Gasteiger partial charge in [-0.15, -0.1) is 0 Å². The lowest BCUT2D eigenvalue weighted by atomic mass is 10.1. The summed E-state index contributed by atoms with van der Waals surface area (Å²) in [5.74, 6) is 0.125. The molecule has 0 atom stereocenters. The number of hydrogen-bond donors (Lipinski definition) is 2. The fraction of sp³-hybridized carbons (Fsp3) is 0.231. The zero-order chi connectivity index (χ0) is 14.0. The predicted octanol–water partition coefficient (Wildman–Crippen LogP) is 1.94. The van der Waals surface area contributed by atoms with Crippen molar-refractivity contribution >= 4 is 11.6 Å². The van der Waals surface area contributed by atoms with Crippen molar-refractivity contribution in [1.82, 2.24) is 10.3 Å². The topological polar surface area (TPSA) is 81.2 Å². The van der Waals surface area contributed by atoms with Gasteiger partial charge in [0.15, 0.2) is 0 Å². The summed E-state index contributed by atoms with van der Waals surface area (Å²) in [4.78, 5) is 15.8. The molecule has 1 amide bonds. The molecule has 0 aliphatic carbocycles. The highest BCUT2D eigenvalue weighted by atomic mass is 19.1. The predicted molar refractivity (Wildman–Crippen MR) is 68.0 cm³/mol. The van der Waals surface area contributed by atoms with Gasteiger partial charge < -0.3 is 15.5 Å². The number of aromatic nitrogens is 1. The summed E-state index contributed by atoms with van der Waals surface area (Å²) in [6, 6.07) is 2.59. The van der Waals surface area contributed by atoms with E-state index in [1.54, 1.807) is 20.0 Å². The van der Waals surface area contributed by atoms with E-state index in [9.17, 15) is 9.18 Å². The third-order valence-corrected chi connectivity index (χ3v) is 2.72. The van der Waals surface area contributed by atoms with E-state index in [1.165, 1.54) is 6.07 Å². The minimum atomic E-state index is -0.503. The molecule has 2 rings (SSSR count). The van der Waals surface area contributed by atoms with Crippen LogP contribution in [0.4, 0.5) is 10.1 Å². The average molecular weight is 263 g/mol. The van der Waals surface area contributed by atoms with Crippen LogP contribution in [0.15, 0.2) is 22.7 Å². The average Bonchev–Trinajstić information content (AvgIpc) is 2.78. The lowest BCUT2D eigenvalue weighted by molar-refractivity contribution is 0.0946. The number of halogens is 1. The first-order valence-electron chi connectivity index (χ1n) is 5.72. The molecule has 1 aromatic carbocycles. The van der Waals surface area contributed by atoms with E-state index in [-0.39, 0.29) is 17.8 Å². The van der Waals surface area contributed by atoms with E-state index in [1.807, 2.05) is 0 Å². The minimum Gasteiger partial charge on any atom is -0.444 e. The second-order valence-corrected chi connectivity index (χ2v) is 4.22. The quantitative estimate of drug-likeness (QED) is 0.829. The van der Waals surface area contributed by atoms with Gasteiger partial charge in [0.25, 0.3) is 5.91 Å². The van der Waals surface area contributed by atoms with Crippen molar-refractivity contribution in [1.29, 1.82) is 0 Å². The Morgan fingerprint density at radius 3 is 2.79 bits per heavy atom. The van der Waals surface area contributed by atoms with Crippen molar-refractivity contribution in [2.24, 2.45) is 0 Å². The summed E-state index contributed by atoms with van der Waals surface area (Å²) >= 11 is 0. The molecule has 0 unspecified atom stereocenters. The molecular formula is C13H14FN3O2. The maximum atomic E-state index is 13.5. The number of nitrogens with one attached hydrogen (secondary N) is 1. The molecule has 1 heterocycles. The number of hydrogen-bond acceptors (Lipinski definition) is 4. The summed E-state index contributed by atoms with van der Waals surface area (Å²) in [5.41, 5.74) is 6.37. The molecule has 0 spiro atoms. The summed E-state index contributed by atoms with van der Waals surface area (Å²) < 4.78 is 18.7. The van der Waals surface area contributed by atoms with Crippen molar-refractivity contribution in [2.75, 3.05) is 5.73 Å². The number of carbonyl (C=O) groups excluding carboxylic acids is 1. The molecule has 2 aromatic rings. The van der Waals surface area contributed by atoms with Crippen LogP contribution in [0.5, 0.6) is 0 Å². The Hall–Kier alpha value is -2.37. The number of benzene rings is 1. The third kappa shape index (κ3) is 2.90. The van der Waals surface area contributed by atoms with E-state index < -0.39 is 11.7 Å². The standard InChI is InChI=1S/C13H14FN3O2/c1-7-5-16-12(19-7)6-17-13(18)9-3-10(14)8(2)11(15)4-9/h3-5H,6,15H2,1-2H3,(H,17,18). The molecule has 0 bridgehead atoms. The first-order valence-corrected chi connectivity index (χ1v) is 5.72. The molecule has 3 N–H and O–H groups in total. The highest BCUT2D eigenvalue weighted by Gasteiger charge is 2.11. The third-order valence-electron chi connectivity index (χ3n) is 2.72. The molecule has 1 aromatic heterocycles. The molecule has 5 nitrogen and oxygen atoms in total. The van der Waals surface area contributed by atoms with Gasteiger partial charge in [-0.2, -0.15) is 0 Å². The molecule has 0 saturated heterocycles. The van der Waals surface area contributed by atoms with Gasteiger partial charge in [-0.1, -0.05) is 0 Å². The number of nitrogens with two attached hydrogens (primary N) is 1. The van der Waals surface area contributed by atoms with Gasteiger partial charge in [-0.25, -0.2) is 9.37 Å². The van der Waals surface area contributed by atoms with Crippen LogP contribution >= 0.6 is 0 Å². The monoisotopic (exact) mass is 263 g/mol. The Morgan fingerprint density at radius 2 is 2.21 bits per heavy atom. The van der Waals surface area contributed by atoms with Gasteiger partial charge in [-0.05, 0) is 26.0 Å². The van der Waals surface area contributed by atoms with E-state index in [0.29, 0.717) is 17.2 Å². The number of amides is 1. The Balaban J connectivity index is 2.08. The molecule has 6 heteroatoms. The molecule has 19 heavy (non-hydrogen) atoms. The van der Waals surface area contributed by atoms with Gasteiger partial charge in [0, 0.05) is 16.8 Å². The van der Waals surface area contributed by atoms with E-state index in [0.717, 1.165) is 6.07 Å². The van der Waals surface area contributed by atoms with Gasteiger partial charge in [0.1, 0.15) is 11.6 Å². The van der Waals surface area contributed by atoms with Gasteiger partial charge in [-0.3, -0.25) is 4.79 Å². The molecule has 100 valence electrons. The van der Waals surface area contributed by atoms with Crippen LogP contribution in [0.2, 0.25) is 0 Å². The Bertz CT molecular complexity index is 599. The Kier molecular flexibility index (Phi) is 3.50. The van der Waals surface area contributed by atoms with Crippen LogP contribution in [-0.2, 0) is 6.54 Å².